The van der Waals surface area contributed by atoms with Crippen LogP contribution >= 0.6 is 0 Å². The number of ether oxygens (including phenoxy) is 2. The van der Waals surface area contributed by atoms with Gasteiger partial charge in [0, 0.05) is 6.20 Å². The van der Waals surface area contributed by atoms with Gasteiger partial charge in [-0.1, -0.05) is 0 Å². The third-order valence-electron chi connectivity index (χ3n) is 2.01. The van der Waals surface area contributed by atoms with Gasteiger partial charge in [-0.05, 0) is 13.8 Å². The standard InChI is InChI=1S/C10H16N2O4/c1-3-15-9(13)7-5-11-6-12-8(7)10(14)16-4-2/h5,8,11-12H,3-4,6H2,1-2H3. The van der Waals surface area contributed by atoms with Gasteiger partial charge in [0.05, 0.1) is 25.5 Å². The minimum Gasteiger partial charge on any atom is -0.465 e. The zero-order valence-corrected chi connectivity index (χ0v) is 9.41. The molecule has 0 amide bonds. The summed E-state index contributed by atoms with van der Waals surface area (Å²) in [5.74, 6) is -0.983. The van der Waals surface area contributed by atoms with Crippen LogP contribution in [0.1, 0.15) is 13.8 Å². The number of carbonyl (C=O) groups is 2. The van der Waals surface area contributed by atoms with Crippen LogP contribution in [0.3, 0.4) is 0 Å². The molecule has 1 atom stereocenters. The van der Waals surface area contributed by atoms with E-state index in [9.17, 15) is 9.59 Å². The highest BCUT2D eigenvalue weighted by Crippen LogP contribution is 2.09. The maximum Gasteiger partial charge on any atom is 0.337 e. The van der Waals surface area contributed by atoms with E-state index in [2.05, 4.69) is 10.6 Å². The van der Waals surface area contributed by atoms with Crippen molar-refractivity contribution >= 4 is 11.9 Å². The number of hydrogen-bond acceptors (Lipinski definition) is 6. The lowest BCUT2D eigenvalue weighted by molar-refractivity contribution is -0.148. The molecule has 0 aromatic heterocycles. The Balaban J connectivity index is 2.74. The van der Waals surface area contributed by atoms with Crippen LogP contribution in [0.25, 0.3) is 0 Å². The summed E-state index contributed by atoms with van der Waals surface area (Å²) in [6.07, 6.45) is 1.48. The predicted molar refractivity (Wildman–Crippen MR) is 56.3 cm³/mol. The van der Waals surface area contributed by atoms with Crippen molar-refractivity contribution in [1.29, 1.82) is 0 Å². The van der Waals surface area contributed by atoms with Crippen molar-refractivity contribution in [2.75, 3.05) is 19.9 Å². The Morgan fingerprint density at radius 3 is 2.69 bits per heavy atom. The normalized spacial score (nSPS) is 19.4. The smallest absolute Gasteiger partial charge is 0.337 e. The molecule has 2 N–H and O–H groups in total. The number of carbonyl (C=O) groups excluding carboxylic acids is 2. The molecule has 1 heterocycles. The zero-order valence-electron chi connectivity index (χ0n) is 9.41. The van der Waals surface area contributed by atoms with Gasteiger partial charge in [-0.25, -0.2) is 9.59 Å². The van der Waals surface area contributed by atoms with Crippen LogP contribution < -0.4 is 10.6 Å². The number of nitrogens with one attached hydrogen (secondary N) is 2. The van der Waals surface area contributed by atoms with Gasteiger partial charge in [0.25, 0.3) is 0 Å². The van der Waals surface area contributed by atoms with Crippen LogP contribution in [0.2, 0.25) is 0 Å². The molecule has 1 unspecified atom stereocenters. The van der Waals surface area contributed by atoms with E-state index in [1.807, 2.05) is 0 Å². The largest absolute Gasteiger partial charge is 0.465 e. The highest BCUT2D eigenvalue weighted by Gasteiger charge is 2.31. The molecule has 1 rings (SSSR count). The first-order valence-corrected chi connectivity index (χ1v) is 5.21. The molecule has 0 aliphatic carbocycles. The summed E-state index contributed by atoms with van der Waals surface area (Å²) in [4.78, 5) is 23.1. The molecule has 0 fully saturated rings. The predicted octanol–water partition coefficient (Wildman–Crippen LogP) is -0.485. The summed E-state index contributed by atoms with van der Waals surface area (Å²) in [5.41, 5.74) is 0.242. The summed E-state index contributed by atoms with van der Waals surface area (Å²) < 4.78 is 9.71. The third kappa shape index (κ3) is 2.96. The van der Waals surface area contributed by atoms with Crippen molar-refractivity contribution in [2.45, 2.75) is 19.9 Å². The van der Waals surface area contributed by atoms with Gasteiger partial charge >= 0.3 is 11.9 Å². The molecule has 90 valence electrons. The first kappa shape index (κ1) is 12.5. The van der Waals surface area contributed by atoms with E-state index in [4.69, 9.17) is 9.47 Å². The molecule has 0 saturated carbocycles. The Labute approximate surface area is 94.0 Å². The lowest BCUT2D eigenvalue weighted by Gasteiger charge is -2.23. The molecular formula is C10H16N2O4. The van der Waals surface area contributed by atoms with E-state index in [0.717, 1.165) is 0 Å². The van der Waals surface area contributed by atoms with Gasteiger partial charge in [-0.2, -0.15) is 0 Å². The molecule has 6 heteroatoms. The topological polar surface area (TPSA) is 76.7 Å². The minimum atomic E-state index is -0.750. The Hall–Kier alpha value is -1.56. The summed E-state index contributed by atoms with van der Waals surface area (Å²) >= 11 is 0. The molecule has 0 bridgehead atoms. The van der Waals surface area contributed by atoms with Crippen LogP contribution in [0.5, 0.6) is 0 Å². The molecule has 1 aliphatic heterocycles. The van der Waals surface area contributed by atoms with Crippen LogP contribution in [0.4, 0.5) is 0 Å². The SMILES string of the molecule is CCOC(=O)C1=CNCNC1C(=O)OCC. The lowest BCUT2D eigenvalue weighted by atomic mass is 10.1. The summed E-state index contributed by atoms with van der Waals surface area (Å²) in [7, 11) is 0. The Morgan fingerprint density at radius 1 is 1.38 bits per heavy atom. The van der Waals surface area contributed by atoms with Gasteiger partial charge in [-0.3, -0.25) is 5.32 Å². The number of hydrogen-bond donors (Lipinski definition) is 2. The highest BCUT2D eigenvalue weighted by atomic mass is 16.5. The lowest BCUT2D eigenvalue weighted by Crippen LogP contribution is -2.49. The fourth-order valence-corrected chi connectivity index (χ4v) is 1.34. The van der Waals surface area contributed by atoms with Crippen molar-refractivity contribution < 1.29 is 19.1 Å². The number of rotatable bonds is 4. The zero-order chi connectivity index (χ0) is 12.0. The fourth-order valence-electron chi connectivity index (χ4n) is 1.34. The molecule has 0 saturated heterocycles. The van der Waals surface area contributed by atoms with Gasteiger partial charge in [0.2, 0.25) is 0 Å². The van der Waals surface area contributed by atoms with Crippen LogP contribution in [0, 0.1) is 0 Å². The second kappa shape index (κ2) is 6.12. The van der Waals surface area contributed by atoms with E-state index in [1.54, 1.807) is 13.8 Å². The van der Waals surface area contributed by atoms with E-state index in [1.165, 1.54) is 6.20 Å². The summed E-state index contributed by atoms with van der Waals surface area (Å²) in [6.45, 7) is 4.38. The Kier molecular flexibility index (Phi) is 4.78. The van der Waals surface area contributed by atoms with E-state index in [0.29, 0.717) is 6.67 Å². The Morgan fingerprint density at radius 2 is 2.06 bits per heavy atom. The fraction of sp³-hybridized carbons (Fsp3) is 0.600. The van der Waals surface area contributed by atoms with Crippen molar-refractivity contribution in [3.8, 4) is 0 Å². The van der Waals surface area contributed by atoms with Crippen molar-refractivity contribution in [3.63, 3.8) is 0 Å². The maximum atomic E-state index is 11.6. The molecule has 0 aromatic carbocycles. The monoisotopic (exact) mass is 228 g/mol. The van der Waals surface area contributed by atoms with Gasteiger partial charge in [0.15, 0.2) is 0 Å². The van der Waals surface area contributed by atoms with Gasteiger partial charge in [0.1, 0.15) is 6.04 Å². The molecule has 0 spiro atoms. The second-order valence-corrected chi connectivity index (χ2v) is 3.09. The Bertz CT molecular complexity index is 301. The van der Waals surface area contributed by atoms with Crippen LogP contribution in [-0.2, 0) is 19.1 Å². The van der Waals surface area contributed by atoms with Crippen LogP contribution in [0.15, 0.2) is 11.8 Å². The van der Waals surface area contributed by atoms with Gasteiger partial charge in [-0.15, -0.1) is 0 Å². The first-order valence-electron chi connectivity index (χ1n) is 5.21. The average molecular weight is 228 g/mol. The molecule has 1 aliphatic rings. The van der Waals surface area contributed by atoms with Crippen molar-refractivity contribution in [1.82, 2.24) is 10.6 Å². The van der Waals surface area contributed by atoms with Crippen molar-refractivity contribution in [2.24, 2.45) is 0 Å². The van der Waals surface area contributed by atoms with Gasteiger partial charge < -0.3 is 14.8 Å². The molecule has 0 aromatic rings. The minimum absolute atomic E-state index is 0.242. The molecular weight excluding hydrogens is 212 g/mol. The van der Waals surface area contributed by atoms with Crippen LogP contribution in [-0.4, -0.2) is 37.9 Å². The first-order chi connectivity index (χ1) is 7.70. The average Bonchev–Trinajstić information content (AvgIpc) is 2.30. The maximum absolute atomic E-state index is 11.6. The summed E-state index contributed by atoms with van der Waals surface area (Å²) in [6, 6.07) is -0.750. The molecule has 6 nitrogen and oxygen atoms in total. The van der Waals surface area contributed by atoms with Crippen molar-refractivity contribution in [3.05, 3.63) is 11.8 Å². The second-order valence-electron chi connectivity index (χ2n) is 3.09. The van der Waals surface area contributed by atoms with E-state index < -0.39 is 18.0 Å². The van der Waals surface area contributed by atoms with E-state index >= 15 is 0 Å². The third-order valence-corrected chi connectivity index (χ3v) is 2.01. The quantitative estimate of drug-likeness (QED) is 0.633. The highest BCUT2D eigenvalue weighted by molar-refractivity contribution is 5.97. The molecule has 16 heavy (non-hydrogen) atoms. The molecule has 0 radical (unpaired) electrons. The summed E-state index contributed by atoms with van der Waals surface area (Å²) in [5, 5.41) is 5.66. The van der Waals surface area contributed by atoms with E-state index in [-0.39, 0.29) is 18.8 Å². The number of esters is 2.